The maximum absolute atomic E-state index is 12.6. The first kappa shape index (κ1) is 16.3. The Morgan fingerprint density at radius 2 is 1.92 bits per heavy atom. The third-order valence-corrected chi connectivity index (χ3v) is 4.66. The van der Waals surface area contributed by atoms with Crippen LogP contribution in [0.25, 0.3) is 11.0 Å². The normalized spacial score (nSPS) is 15.9. The van der Waals surface area contributed by atoms with E-state index in [2.05, 4.69) is 4.98 Å². The van der Waals surface area contributed by atoms with Gasteiger partial charge in [-0.15, -0.1) is 0 Å². The van der Waals surface area contributed by atoms with Gasteiger partial charge < -0.3 is 14.2 Å². The summed E-state index contributed by atoms with van der Waals surface area (Å²) in [6.07, 6.45) is 2.42. The van der Waals surface area contributed by atoms with Crippen molar-refractivity contribution in [3.63, 3.8) is 0 Å². The number of imidazole rings is 1. The van der Waals surface area contributed by atoms with Crippen LogP contribution in [0.15, 0.2) is 54.9 Å². The number of aromatic nitrogens is 2. The third kappa shape index (κ3) is 2.94. The van der Waals surface area contributed by atoms with Crippen LogP contribution >= 0.6 is 0 Å². The fourth-order valence-electron chi connectivity index (χ4n) is 3.48. The molecule has 0 fully saturated rings. The maximum Gasteiger partial charge on any atom is 0.326 e. The molecule has 1 aliphatic heterocycles. The van der Waals surface area contributed by atoms with Crippen molar-refractivity contribution in [2.75, 3.05) is 11.5 Å². The molecule has 26 heavy (non-hydrogen) atoms. The number of para-hydroxylation sites is 3. The van der Waals surface area contributed by atoms with Crippen LogP contribution in [0.4, 0.5) is 5.69 Å². The van der Waals surface area contributed by atoms with Gasteiger partial charge >= 0.3 is 5.97 Å². The van der Waals surface area contributed by atoms with Gasteiger partial charge in [-0.2, -0.15) is 0 Å². The monoisotopic (exact) mass is 349 g/mol. The Morgan fingerprint density at radius 1 is 1.15 bits per heavy atom. The Morgan fingerprint density at radius 3 is 2.81 bits per heavy atom. The number of benzene rings is 2. The van der Waals surface area contributed by atoms with Crippen LogP contribution in [-0.4, -0.2) is 34.1 Å². The lowest BCUT2D eigenvalue weighted by molar-refractivity contribution is -0.148. The molecule has 2 heterocycles. The van der Waals surface area contributed by atoms with E-state index in [4.69, 9.17) is 4.74 Å². The van der Waals surface area contributed by atoms with Crippen LogP contribution in [0.2, 0.25) is 0 Å². The van der Waals surface area contributed by atoms with Gasteiger partial charge in [-0.1, -0.05) is 30.3 Å². The number of esters is 1. The molecule has 1 aliphatic rings. The van der Waals surface area contributed by atoms with Crippen LogP contribution in [0.5, 0.6) is 0 Å². The molecule has 0 saturated carbocycles. The largest absolute Gasteiger partial charge is 0.454 e. The van der Waals surface area contributed by atoms with E-state index < -0.39 is 5.97 Å². The van der Waals surface area contributed by atoms with Crippen molar-refractivity contribution in [1.82, 2.24) is 9.55 Å². The van der Waals surface area contributed by atoms with E-state index in [1.54, 1.807) is 15.8 Å². The average molecular weight is 349 g/mol. The van der Waals surface area contributed by atoms with Crippen LogP contribution in [-0.2, 0) is 27.3 Å². The molecule has 1 amide bonds. The van der Waals surface area contributed by atoms with Crippen molar-refractivity contribution >= 4 is 28.6 Å². The average Bonchev–Trinajstić information content (AvgIpc) is 3.20. The summed E-state index contributed by atoms with van der Waals surface area (Å²) in [4.78, 5) is 30.7. The molecule has 0 spiro atoms. The van der Waals surface area contributed by atoms with Gasteiger partial charge in [0.1, 0.15) is 6.54 Å². The first-order valence-electron chi connectivity index (χ1n) is 8.59. The lowest BCUT2D eigenvalue weighted by atomic mass is 10.1. The minimum absolute atomic E-state index is 0.0277. The summed E-state index contributed by atoms with van der Waals surface area (Å²) < 4.78 is 6.94. The molecule has 132 valence electrons. The molecule has 0 N–H and O–H groups in total. The number of rotatable bonds is 4. The second-order valence-electron chi connectivity index (χ2n) is 6.47. The molecule has 6 nitrogen and oxygen atoms in total. The maximum atomic E-state index is 12.6. The van der Waals surface area contributed by atoms with Gasteiger partial charge in [0.25, 0.3) is 5.91 Å². The zero-order valence-electron chi connectivity index (χ0n) is 14.5. The third-order valence-electron chi connectivity index (χ3n) is 4.66. The minimum atomic E-state index is -0.457. The highest BCUT2D eigenvalue weighted by Crippen LogP contribution is 2.31. The molecule has 1 aromatic heterocycles. The van der Waals surface area contributed by atoms with E-state index in [9.17, 15) is 9.59 Å². The quantitative estimate of drug-likeness (QED) is 0.679. The van der Waals surface area contributed by atoms with Gasteiger partial charge in [-0.3, -0.25) is 9.59 Å². The first-order valence-corrected chi connectivity index (χ1v) is 8.59. The first-order chi connectivity index (χ1) is 12.6. The Hall–Kier alpha value is -3.15. The molecular formula is C20H19N3O3. The van der Waals surface area contributed by atoms with E-state index in [1.807, 2.05) is 55.5 Å². The molecule has 3 aromatic rings. The lowest BCUT2D eigenvalue weighted by Gasteiger charge is -2.22. The second-order valence-corrected chi connectivity index (χ2v) is 6.47. The summed E-state index contributed by atoms with van der Waals surface area (Å²) in [6, 6.07) is 15.5. The van der Waals surface area contributed by atoms with Crippen molar-refractivity contribution in [3.05, 3.63) is 60.4 Å². The SMILES string of the molecule is C[C@@H]1Cc2ccccc2N1C(=O)COC(=O)Cn1cnc2ccccc21. The molecule has 0 radical (unpaired) electrons. The number of ether oxygens (including phenoxy) is 1. The number of hydrogen-bond donors (Lipinski definition) is 0. The van der Waals surface area contributed by atoms with Gasteiger partial charge in [0, 0.05) is 11.7 Å². The van der Waals surface area contributed by atoms with E-state index in [1.165, 1.54) is 0 Å². The van der Waals surface area contributed by atoms with Crippen molar-refractivity contribution in [2.24, 2.45) is 0 Å². The highest BCUT2D eigenvalue weighted by atomic mass is 16.5. The van der Waals surface area contributed by atoms with E-state index in [-0.39, 0.29) is 25.1 Å². The summed E-state index contributed by atoms with van der Waals surface area (Å²) in [6.45, 7) is 1.77. The number of anilines is 1. The predicted molar refractivity (Wildman–Crippen MR) is 97.8 cm³/mol. The number of fused-ring (bicyclic) bond motifs is 2. The van der Waals surface area contributed by atoms with Gasteiger partial charge in [-0.25, -0.2) is 4.98 Å². The van der Waals surface area contributed by atoms with Crippen LogP contribution in [0.3, 0.4) is 0 Å². The number of carbonyl (C=O) groups excluding carboxylic acids is 2. The summed E-state index contributed by atoms with van der Waals surface area (Å²) in [7, 11) is 0. The molecule has 0 saturated heterocycles. The Bertz CT molecular complexity index is 979. The smallest absolute Gasteiger partial charge is 0.326 e. The lowest BCUT2D eigenvalue weighted by Crippen LogP contribution is -2.39. The van der Waals surface area contributed by atoms with E-state index >= 15 is 0 Å². The van der Waals surface area contributed by atoms with E-state index in [0.29, 0.717) is 0 Å². The summed E-state index contributed by atoms with van der Waals surface area (Å²) in [5.41, 5.74) is 3.72. The van der Waals surface area contributed by atoms with Crippen molar-refractivity contribution in [2.45, 2.75) is 25.9 Å². The second kappa shape index (κ2) is 6.63. The van der Waals surface area contributed by atoms with Gasteiger partial charge in [0.15, 0.2) is 6.61 Å². The summed E-state index contributed by atoms with van der Waals surface area (Å²) in [5, 5.41) is 0. The molecule has 1 atom stereocenters. The van der Waals surface area contributed by atoms with Crippen molar-refractivity contribution in [3.8, 4) is 0 Å². The molecule has 0 unspecified atom stereocenters. The fourth-order valence-corrected chi connectivity index (χ4v) is 3.48. The molecular weight excluding hydrogens is 330 g/mol. The molecule has 0 aliphatic carbocycles. The number of nitrogens with zero attached hydrogens (tertiary/aromatic N) is 3. The van der Waals surface area contributed by atoms with E-state index in [0.717, 1.165) is 28.7 Å². The summed E-state index contributed by atoms with van der Waals surface area (Å²) >= 11 is 0. The topological polar surface area (TPSA) is 64.4 Å². The van der Waals surface area contributed by atoms with Crippen molar-refractivity contribution < 1.29 is 14.3 Å². The molecule has 6 heteroatoms. The highest BCUT2D eigenvalue weighted by Gasteiger charge is 2.30. The molecule has 4 rings (SSSR count). The standard InChI is InChI=1S/C20H19N3O3/c1-14-10-15-6-2-4-8-17(15)23(14)19(24)12-26-20(25)11-22-13-21-16-7-3-5-9-18(16)22/h2-9,13-14H,10-12H2,1H3/t14-/m1/s1. The number of carbonyl (C=O) groups is 2. The van der Waals surface area contributed by atoms with Crippen molar-refractivity contribution in [1.29, 1.82) is 0 Å². The fraction of sp³-hybridized carbons (Fsp3) is 0.250. The zero-order valence-corrected chi connectivity index (χ0v) is 14.5. The Labute approximate surface area is 151 Å². The van der Waals surface area contributed by atoms with Gasteiger partial charge in [0.2, 0.25) is 0 Å². The molecule has 2 aromatic carbocycles. The highest BCUT2D eigenvalue weighted by molar-refractivity contribution is 5.97. The molecule has 0 bridgehead atoms. The Balaban J connectivity index is 1.39. The minimum Gasteiger partial charge on any atom is -0.454 e. The van der Waals surface area contributed by atoms with Crippen LogP contribution in [0.1, 0.15) is 12.5 Å². The van der Waals surface area contributed by atoms with Crippen LogP contribution < -0.4 is 4.90 Å². The van der Waals surface area contributed by atoms with Crippen LogP contribution in [0, 0.1) is 0 Å². The summed E-state index contributed by atoms with van der Waals surface area (Å²) in [5.74, 6) is -0.659. The van der Waals surface area contributed by atoms with Gasteiger partial charge in [-0.05, 0) is 37.1 Å². The van der Waals surface area contributed by atoms with Gasteiger partial charge in [0.05, 0.1) is 17.4 Å². The number of amides is 1. The number of hydrogen-bond acceptors (Lipinski definition) is 4. The predicted octanol–water partition coefficient (Wildman–Crippen LogP) is 2.56. The Kier molecular flexibility index (Phi) is 4.16. The zero-order chi connectivity index (χ0) is 18.1.